The standard InChI is InChI=1S/C19H23BO/c1-4-19(5-2,14(3)21)17-10-6-15(7-11-17)16-8-12-18(20)13-9-16/h6-13H,4-5,20H2,1-3H3. The van der Waals surface area contributed by atoms with Gasteiger partial charge in [-0.15, -0.1) is 0 Å². The van der Waals surface area contributed by atoms with Crippen molar-refractivity contribution in [3.8, 4) is 11.1 Å². The molecule has 0 aromatic heterocycles. The van der Waals surface area contributed by atoms with E-state index in [4.69, 9.17) is 0 Å². The third kappa shape index (κ3) is 2.95. The van der Waals surface area contributed by atoms with Crippen LogP contribution in [0.25, 0.3) is 11.1 Å². The Bertz CT molecular complexity index is 607. The van der Waals surface area contributed by atoms with E-state index >= 15 is 0 Å². The molecule has 0 saturated heterocycles. The van der Waals surface area contributed by atoms with Crippen LogP contribution >= 0.6 is 0 Å². The lowest BCUT2D eigenvalue weighted by atomic mass is 9.73. The molecule has 21 heavy (non-hydrogen) atoms. The SMILES string of the molecule is Bc1ccc(-c2ccc(C(CC)(CC)C(C)=O)cc2)cc1. The highest BCUT2D eigenvalue weighted by atomic mass is 16.1. The minimum absolute atomic E-state index is 0.260. The summed E-state index contributed by atoms with van der Waals surface area (Å²) in [5.41, 5.74) is 4.49. The Balaban J connectivity index is 2.38. The fraction of sp³-hybridized carbons (Fsp3) is 0.316. The molecular formula is C19H23BO. The van der Waals surface area contributed by atoms with Gasteiger partial charge in [0, 0.05) is 0 Å². The lowest BCUT2D eigenvalue weighted by Crippen LogP contribution is -2.32. The van der Waals surface area contributed by atoms with Crippen molar-refractivity contribution in [2.45, 2.75) is 39.0 Å². The minimum atomic E-state index is -0.328. The largest absolute Gasteiger partial charge is 0.299 e. The Morgan fingerprint density at radius 2 is 1.33 bits per heavy atom. The molecule has 0 spiro atoms. The van der Waals surface area contributed by atoms with Gasteiger partial charge in [0.2, 0.25) is 0 Å². The first-order valence-corrected chi connectivity index (χ1v) is 7.72. The predicted molar refractivity (Wildman–Crippen MR) is 93.0 cm³/mol. The summed E-state index contributed by atoms with van der Waals surface area (Å²) in [6.45, 7) is 5.90. The molecule has 0 aliphatic heterocycles. The summed E-state index contributed by atoms with van der Waals surface area (Å²) in [6, 6.07) is 17.0. The Morgan fingerprint density at radius 1 is 0.905 bits per heavy atom. The van der Waals surface area contributed by atoms with Crippen LogP contribution in [0.4, 0.5) is 0 Å². The van der Waals surface area contributed by atoms with Gasteiger partial charge in [0.15, 0.2) is 0 Å². The quantitative estimate of drug-likeness (QED) is 0.767. The first-order chi connectivity index (χ1) is 10.0. The zero-order chi connectivity index (χ0) is 15.5. The van der Waals surface area contributed by atoms with Gasteiger partial charge in [0.1, 0.15) is 13.6 Å². The molecule has 0 atom stereocenters. The summed E-state index contributed by atoms with van der Waals surface area (Å²) in [6.07, 6.45) is 1.70. The number of ketones is 1. The fourth-order valence-corrected chi connectivity index (χ4v) is 3.09. The average Bonchev–Trinajstić information content (AvgIpc) is 2.50. The molecule has 0 bridgehead atoms. The molecule has 0 amide bonds. The summed E-state index contributed by atoms with van der Waals surface area (Å²) in [5, 5.41) is 0. The molecule has 0 heterocycles. The van der Waals surface area contributed by atoms with Gasteiger partial charge >= 0.3 is 0 Å². The van der Waals surface area contributed by atoms with E-state index in [1.54, 1.807) is 6.92 Å². The van der Waals surface area contributed by atoms with Gasteiger partial charge in [-0.05, 0) is 36.5 Å². The smallest absolute Gasteiger partial charge is 0.140 e. The maximum absolute atomic E-state index is 12.1. The van der Waals surface area contributed by atoms with Crippen molar-refractivity contribution in [1.29, 1.82) is 0 Å². The van der Waals surface area contributed by atoms with Gasteiger partial charge in [0.25, 0.3) is 0 Å². The van der Waals surface area contributed by atoms with Crippen molar-refractivity contribution >= 4 is 19.1 Å². The summed E-state index contributed by atoms with van der Waals surface area (Å²) >= 11 is 0. The highest BCUT2D eigenvalue weighted by molar-refractivity contribution is 6.32. The molecule has 2 aromatic rings. The van der Waals surface area contributed by atoms with Crippen molar-refractivity contribution in [3.63, 3.8) is 0 Å². The van der Waals surface area contributed by atoms with Gasteiger partial charge in [-0.3, -0.25) is 4.79 Å². The predicted octanol–water partition coefficient (Wildman–Crippen LogP) is 3.26. The maximum atomic E-state index is 12.1. The van der Waals surface area contributed by atoms with E-state index in [0.29, 0.717) is 0 Å². The lowest BCUT2D eigenvalue weighted by molar-refractivity contribution is -0.122. The van der Waals surface area contributed by atoms with Gasteiger partial charge < -0.3 is 0 Å². The van der Waals surface area contributed by atoms with Gasteiger partial charge in [0.05, 0.1) is 5.41 Å². The summed E-state index contributed by atoms with van der Waals surface area (Å²) in [5.74, 6) is 0.260. The maximum Gasteiger partial charge on any atom is 0.140 e. The van der Waals surface area contributed by atoms with E-state index < -0.39 is 0 Å². The molecule has 2 rings (SSSR count). The Hall–Kier alpha value is -1.83. The normalized spacial score (nSPS) is 11.4. The molecule has 0 radical (unpaired) electrons. The molecule has 0 N–H and O–H groups in total. The Morgan fingerprint density at radius 3 is 1.71 bits per heavy atom. The first kappa shape index (κ1) is 15.6. The van der Waals surface area contributed by atoms with E-state index in [1.165, 1.54) is 16.6 Å². The number of carbonyl (C=O) groups excluding carboxylic acids is 1. The molecular weight excluding hydrogens is 255 g/mol. The van der Waals surface area contributed by atoms with E-state index in [1.807, 2.05) is 0 Å². The molecule has 0 aliphatic carbocycles. The topological polar surface area (TPSA) is 17.1 Å². The van der Waals surface area contributed by atoms with Crippen LogP contribution in [0.5, 0.6) is 0 Å². The van der Waals surface area contributed by atoms with Gasteiger partial charge in [-0.2, -0.15) is 0 Å². The molecule has 108 valence electrons. The first-order valence-electron chi connectivity index (χ1n) is 7.72. The highest BCUT2D eigenvalue weighted by Crippen LogP contribution is 2.33. The summed E-state index contributed by atoms with van der Waals surface area (Å²) in [4.78, 5) is 12.1. The zero-order valence-electron chi connectivity index (χ0n) is 13.4. The van der Waals surface area contributed by atoms with E-state index in [2.05, 4.69) is 70.2 Å². The van der Waals surface area contributed by atoms with E-state index in [0.717, 1.165) is 18.4 Å². The highest BCUT2D eigenvalue weighted by Gasteiger charge is 2.33. The monoisotopic (exact) mass is 278 g/mol. The summed E-state index contributed by atoms with van der Waals surface area (Å²) in [7, 11) is 2.09. The second kappa shape index (κ2) is 6.30. The Labute approximate surface area is 128 Å². The molecule has 0 saturated carbocycles. The van der Waals surface area contributed by atoms with Gasteiger partial charge in [-0.25, -0.2) is 0 Å². The number of rotatable bonds is 5. The Kier molecular flexibility index (Phi) is 4.67. The van der Waals surface area contributed by atoms with Crippen LogP contribution in [-0.2, 0) is 10.2 Å². The van der Waals surface area contributed by atoms with Crippen LogP contribution in [0.2, 0.25) is 0 Å². The minimum Gasteiger partial charge on any atom is -0.299 e. The number of hydrogen-bond donors (Lipinski definition) is 0. The third-order valence-corrected chi connectivity index (χ3v) is 4.70. The van der Waals surface area contributed by atoms with Crippen molar-refractivity contribution in [2.24, 2.45) is 0 Å². The molecule has 2 aromatic carbocycles. The van der Waals surface area contributed by atoms with Crippen LogP contribution in [-0.4, -0.2) is 13.6 Å². The van der Waals surface area contributed by atoms with Crippen molar-refractivity contribution in [2.75, 3.05) is 0 Å². The second-order valence-corrected chi connectivity index (χ2v) is 5.79. The molecule has 0 aliphatic rings. The van der Waals surface area contributed by atoms with E-state index in [9.17, 15) is 4.79 Å². The lowest BCUT2D eigenvalue weighted by Gasteiger charge is -2.29. The van der Waals surface area contributed by atoms with Crippen molar-refractivity contribution < 1.29 is 4.79 Å². The second-order valence-electron chi connectivity index (χ2n) is 5.79. The van der Waals surface area contributed by atoms with E-state index in [-0.39, 0.29) is 11.2 Å². The molecule has 0 unspecified atom stereocenters. The van der Waals surface area contributed by atoms with Crippen LogP contribution < -0.4 is 5.46 Å². The fourth-order valence-electron chi connectivity index (χ4n) is 3.09. The molecule has 2 heteroatoms. The van der Waals surface area contributed by atoms with Crippen LogP contribution in [0.1, 0.15) is 39.2 Å². The van der Waals surface area contributed by atoms with Crippen molar-refractivity contribution in [1.82, 2.24) is 0 Å². The number of benzene rings is 2. The zero-order valence-corrected chi connectivity index (χ0v) is 13.4. The number of hydrogen-bond acceptors (Lipinski definition) is 1. The number of carbonyl (C=O) groups is 1. The van der Waals surface area contributed by atoms with Crippen molar-refractivity contribution in [3.05, 3.63) is 54.1 Å². The molecule has 1 nitrogen and oxygen atoms in total. The van der Waals surface area contributed by atoms with Crippen LogP contribution in [0.15, 0.2) is 48.5 Å². The third-order valence-electron chi connectivity index (χ3n) is 4.70. The van der Waals surface area contributed by atoms with Gasteiger partial charge in [-0.1, -0.05) is 67.8 Å². The molecule has 0 fully saturated rings. The number of Topliss-reactive ketones (excluding diaryl/α,β-unsaturated/α-hetero) is 1. The van der Waals surface area contributed by atoms with Crippen LogP contribution in [0, 0.1) is 0 Å². The average molecular weight is 278 g/mol. The van der Waals surface area contributed by atoms with Crippen LogP contribution in [0.3, 0.4) is 0 Å². The summed E-state index contributed by atoms with van der Waals surface area (Å²) < 4.78 is 0.